The molecule has 1 saturated heterocycles. The molecule has 1 saturated carbocycles. The summed E-state index contributed by atoms with van der Waals surface area (Å²) in [6, 6.07) is 9.22. The van der Waals surface area contributed by atoms with Crippen LogP contribution in [0.4, 0.5) is 5.69 Å². The molecule has 1 heterocycles. The van der Waals surface area contributed by atoms with Crippen molar-refractivity contribution < 1.29 is 0 Å². The van der Waals surface area contributed by atoms with Crippen LogP contribution in [-0.2, 0) is 0 Å². The Kier molecular flexibility index (Phi) is 6.59. The molecule has 1 aromatic carbocycles. The Labute approximate surface area is 149 Å². The Hall–Kier alpha value is -1.02. The molecular weight excluding hydrogens is 292 g/mol. The highest BCUT2D eigenvalue weighted by molar-refractivity contribution is 5.56. The van der Waals surface area contributed by atoms with Crippen molar-refractivity contribution in [2.45, 2.75) is 64.7 Å². The number of benzene rings is 1. The van der Waals surface area contributed by atoms with Crippen molar-refractivity contribution in [1.29, 1.82) is 0 Å². The Balaban J connectivity index is 1.47. The van der Waals surface area contributed by atoms with Gasteiger partial charge < -0.3 is 9.80 Å². The lowest BCUT2D eigenvalue weighted by atomic mass is 9.79. The SMILES string of the molecule is CCN(CC)CCCC1CCN(c2ccccc2C2CCC2)CC1. The summed E-state index contributed by atoms with van der Waals surface area (Å²) in [6.07, 6.45) is 9.80. The normalized spacial score (nSPS) is 19.7. The van der Waals surface area contributed by atoms with Crippen LogP contribution in [0, 0.1) is 5.92 Å². The third kappa shape index (κ3) is 4.33. The van der Waals surface area contributed by atoms with E-state index in [9.17, 15) is 0 Å². The minimum Gasteiger partial charge on any atom is -0.371 e. The maximum atomic E-state index is 2.68. The van der Waals surface area contributed by atoms with Crippen molar-refractivity contribution in [3.8, 4) is 0 Å². The molecule has 2 nitrogen and oxygen atoms in total. The van der Waals surface area contributed by atoms with E-state index in [4.69, 9.17) is 0 Å². The van der Waals surface area contributed by atoms with Crippen molar-refractivity contribution in [2.75, 3.05) is 37.6 Å². The summed E-state index contributed by atoms with van der Waals surface area (Å²) in [7, 11) is 0. The fourth-order valence-electron chi connectivity index (χ4n) is 4.45. The average molecular weight is 329 g/mol. The van der Waals surface area contributed by atoms with Gasteiger partial charge in [-0.25, -0.2) is 0 Å². The fraction of sp³-hybridized carbons (Fsp3) is 0.727. The second kappa shape index (κ2) is 8.89. The van der Waals surface area contributed by atoms with E-state index in [1.165, 1.54) is 77.7 Å². The highest BCUT2D eigenvalue weighted by atomic mass is 15.1. The maximum absolute atomic E-state index is 2.68. The van der Waals surface area contributed by atoms with E-state index >= 15 is 0 Å². The molecule has 1 aromatic rings. The molecule has 1 aliphatic heterocycles. The van der Waals surface area contributed by atoms with Gasteiger partial charge in [-0.3, -0.25) is 0 Å². The minimum atomic E-state index is 0.841. The highest BCUT2D eigenvalue weighted by Crippen LogP contribution is 2.41. The fourth-order valence-corrected chi connectivity index (χ4v) is 4.45. The third-order valence-corrected chi connectivity index (χ3v) is 6.42. The van der Waals surface area contributed by atoms with Gasteiger partial charge in [0.2, 0.25) is 0 Å². The first-order valence-electron chi connectivity index (χ1n) is 10.4. The van der Waals surface area contributed by atoms with E-state index in [1.807, 2.05) is 0 Å². The second-order valence-corrected chi connectivity index (χ2v) is 7.79. The lowest BCUT2D eigenvalue weighted by molar-refractivity contribution is 0.276. The van der Waals surface area contributed by atoms with Crippen molar-refractivity contribution in [1.82, 2.24) is 4.90 Å². The van der Waals surface area contributed by atoms with E-state index in [0.29, 0.717) is 0 Å². The van der Waals surface area contributed by atoms with Gasteiger partial charge in [0.25, 0.3) is 0 Å². The number of piperidine rings is 1. The standard InChI is InChI=1S/C22H36N2/c1-3-23(4-2)16-8-9-19-14-17-24(18-15-19)22-13-6-5-12-21(22)20-10-7-11-20/h5-6,12-13,19-20H,3-4,7-11,14-18H2,1-2H3. The van der Waals surface area contributed by atoms with Gasteiger partial charge in [-0.2, -0.15) is 0 Å². The lowest BCUT2D eigenvalue weighted by Crippen LogP contribution is -2.35. The number of anilines is 1. The van der Waals surface area contributed by atoms with Crippen molar-refractivity contribution in [3.05, 3.63) is 29.8 Å². The number of nitrogens with zero attached hydrogens (tertiary/aromatic N) is 2. The van der Waals surface area contributed by atoms with Gasteiger partial charge in [0.15, 0.2) is 0 Å². The number of rotatable bonds is 8. The van der Waals surface area contributed by atoms with E-state index in [1.54, 1.807) is 11.3 Å². The zero-order valence-corrected chi connectivity index (χ0v) is 15.8. The van der Waals surface area contributed by atoms with Crippen LogP contribution in [0.25, 0.3) is 0 Å². The molecule has 0 spiro atoms. The van der Waals surface area contributed by atoms with Crippen molar-refractivity contribution in [2.24, 2.45) is 5.92 Å². The lowest BCUT2D eigenvalue weighted by Gasteiger charge is -2.37. The van der Waals surface area contributed by atoms with Gasteiger partial charge in [-0.1, -0.05) is 38.5 Å². The zero-order chi connectivity index (χ0) is 16.8. The van der Waals surface area contributed by atoms with E-state index in [-0.39, 0.29) is 0 Å². The number of hydrogen-bond donors (Lipinski definition) is 0. The van der Waals surface area contributed by atoms with Crippen LogP contribution in [0.15, 0.2) is 24.3 Å². The monoisotopic (exact) mass is 328 g/mol. The molecule has 0 bridgehead atoms. The molecule has 0 atom stereocenters. The molecule has 0 N–H and O–H groups in total. The van der Waals surface area contributed by atoms with Gasteiger partial charge >= 0.3 is 0 Å². The summed E-state index contributed by atoms with van der Waals surface area (Å²) in [4.78, 5) is 5.23. The molecule has 3 rings (SSSR count). The summed E-state index contributed by atoms with van der Waals surface area (Å²) in [5.74, 6) is 1.79. The van der Waals surface area contributed by atoms with E-state index in [2.05, 4.69) is 47.9 Å². The van der Waals surface area contributed by atoms with Crippen LogP contribution in [-0.4, -0.2) is 37.6 Å². The Morgan fingerprint density at radius 1 is 1.00 bits per heavy atom. The maximum Gasteiger partial charge on any atom is 0.0401 e. The van der Waals surface area contributed by atoms with Crippen LogP contribution in [0.1, 0.15) is 70.3 Å². The molecule has 24 heavy (non-hydrogen) atoms. The molecule has 2 aliphatic rings. The summed E-state index contributed by atoms with van der Waals surface area (Å²) in [6.45, 7) is 10.8. The summed E-state index contributed by atoms with van der Waals surface area (Å²) in [5.41, 5.74) is 3.17. The molecule has 0 radical (unpaired) electrons. The highest BCUT2D eigenvalue weighted by Gasteiger charge is 2.26. The largest absolute Gasteiger partial charge is 0.371 e. The Morgan fingerprint density at radius 2 is 1.71 bits per heavy atom. The topological polar surface area (TPSA) is 6.48 Å². The minimum absolute atomic E-state index is 0.841. The van der Waals surface area contributed by atoms with Crippen LogP contribution in [0.3, 0.4) is 0 Å². The first-order valence-corrected chi connectivity index (χ1v) is 10.4. The summed E-state index contributed by atoms with van der Waals surface area (Å²) >= 11 is 0. The predicted molar refractivity (Wildman–Crippen MR) is 105 cm³/mol. The van der Waals surface area contributed by atoms with Gasteiger partial charge in [-0.15, -0.1) is 0 Å². The molecule has 0 aromatic heterocycles. The van der Waals surface area contributed by atoms with E-state index < -0.39 is 0 Å². The Bertz CT molecular complexity index is 482. The summed E-state index contributed by atoms with van der Waals surface area (Å²) in [5, 5.41) is 0. The average Bonchev–Trinajstić information content (AvgIpc) is 2.58. The van der Waals surface area contributed by atoms with Crippen molar-refractivity contribution >= 4 is 5.69 Å². The van der Waals surface area contributed by atoms with Crippen molar-refractivity contribution in [3.63, 3.8) is 0 Å². The van der Waals surface area contributed by atoms with Gasteiger partial charge in [-0.05, 0) is 81.6 Å². The first kappa shape index (κ1) is 17.8. The van der Waals surface area contributed by atoms with Gasteiger partial charge in [0, 0.05) is 18.8 Å². The summed E-state index contributed by atoms with van der Waals surface area (Å²) < 4.78 is 0. The third-order valence-electron chi connectivity index (χ3n) is 6.42. The second-order valence-electron chi connectivity index (χ2n) is 7.79. The molecule has 2 fully saturated rings. The molecule has 1 aliphatic carbocycles. The Morgan fingerprint density at radius 3 is 2.33 bits per heavy atom. The molecular formula is C22H36N2. The quantitative estimate of drug-likeness (QED) is 0.639. The number of para-hydroxylation sites is 1. The van der Waals surface area contributed by atoms with Crippen LogP contribution in [0.5, 0.6) is 0 Å². The molecule has 0 unspecified atom stereocenters. The molecule has 2 heteroatoms. The zero-order valence-electron chi connectivity index (χ0n) is 15.8. The van der Waals surface area contributed by atoms with Crippen LogP contribution in [0.2, 0.25) is 0 Å². The predicted octanol–water partition coefficient (Wildman–Crippen LogP) is 5.29. The van der Waals surface area contributed by atoms with Crippen LogP contribution >= 0.6 is 0 Å². The van der Waals surface area contributed by atoms with Crippen LogP contribution < -0.4 is 4.90 Å². The van der Waals surface area contributed by atoms with Gasteiger partial charge in [0.1, 0.15) is 0 Å². The molecule has 0 amide bonds. The number of hydrogen-bond acceptors (Lipinski definition) is 2. The van der Waals surface area contributed by atoms with Gasteiger partial charge in [0.05, 0.1) is 0 Å². The van der Waals surface area contributed by atoms with E-state index in [0.717, 1.165) is 11.8 Å². The molecule has 134 valence electrons. The smallest absolute Gasteiger partial charge is 0.0401 e. The first-order chi connectivity index (χ1) is 11.8.